The van der Waals surface area contributed by atoms with E-state index in [9.17, 15) is 5.11 Å². The summed E-state index contributed by atoms with van der Waals surface area (Å²) in [6, 6.07) is 6.40. The third-order valence-electron chi connectivity index (χ3n) is 3.14. The van der Waals surface area contributed by atoms with Gasteiger partial charge in [0, 0.05) is 24.8 Å². The summed E-state index contributed by atoms with van der Waals surface area (Å²) in [5.41, 5.74) is 1.02. The molecular weight excluding hydrogens is 214 g/mol. The molecule has 2 heterocycles. The number of likely N-dealkylation sites (N-methyl/N-ethyl adjacent to an activating group) is 1. The van der Waals surface area contributed by atoms with Gasteiger partial charge in [-0.1, -0.05) is 6.07 Å². The average molecular weight is 235 g/mol. The predicted molar refractivity (Wildman–Crippen MR) is 69.3 cm³/mol. The molecule has 1 aliphatic rings. The Bertz CT molecular complexity index is 381. The first-order valence-corrected chi connectivity index (χ1v) is 6.09. The maximum atomic E-state index is 9.83. The Hall–Kier alpha value is -1.13. The van der Waals surface area contributed by atoms with Gasteiger partial charge in [-0.05, 0) is 39.6 Å². The molecule has 0 aliphatic carbocycles. The van der Waals surface area contributed by atoms with Crippen LogP contribution < -0.4 is 4.90 Å². The zero-order valence-electron chi connectivity index (χ0n) is 10.8. The number of rotatable bonds is 3. The number of aryl methyl sites for hydroxylation is 1. The zero-order chi connectivity index (χ0) is 12.4. The molecule has 17 heavy (non-hydrogen) atoms. The third kappa shape index (κ3) is 2.96. The van der Waals surface area contributed by atoms with Crippen LogP contribution in [0.1, 0.15) is 12.1 Å². The number of β-amino-alcohol motifs (C(OH)–C–C–N with tert-alkyl or cyclic N) is 1. The first-order valence-electron chi connectivity index (χ1n) is 6.09. The topological polar surface area (TPSA) is 39.6 Å². The quantitative estimate of drug-likeness (QED) is 0.844. The van der Waals surface area contributed by atoms with Gasteiger partial charge in [0.2, 0.25) is 0 Å². The fourth-order valence-corrected chi connectivity index (χ4v) is 2.46. The van der Waals surface area contributed by atoms with Gasteiger partial charge in [0.05, 0.1) is 6.10 Å². The molecule has 4 heteroatoms. The molecule has 1 aromatic rings. The van der Waals surface area contributed by atoms with Crippen molar-refractivity contribution >= 4 is 5.82 Å². The van der Waals surface area contributed by atoms with E-state index in [-0.39, 0.29) is 6.10 Å². The number of anilines is 1. The molecule has 1 aromatic heterocycles. The molecule has 1 aliphatic heterocycles. The van der Waals surface area contributed by atoms with E-state index in [1.807, 2.05) is 25.1 Å². The van der Waals surface area contributed by atoms with Crippen LogP contribution in [0.5, 0.6) is 0 Å². The van der Waals surface area contributed by atoms with Gasteiger partial charge in [-0.15, -0.1) is 0 Å². The lowest BCUT2D eigenvalue weighted by molar-refractivity contribution is 0.191. The van der Waals surface area contributed by atoms with Gasteiger partial charge in [-0.25, -0.2) is 4.98 Å². The van der Waals surface area contributed by atoms with Crippen LogP contribution in [0.4, 0.5) is 5.82 Å². The van der Waals surface area contributed by atoms with Crippen molar-refractivity contribution in [3.63, 3.8) is 0 Å². The first kappa shape index (κ1) is 12.3. The van der Waals surface area contributed by atoms with Gasteiger partial charge in [0.15, 0.2) is 0 Å². The molecule has 0 radical (unpaired) electrons. The predicted octanol–water partition coefficient (Wildman–Crippen LogP) is 0.891. The van der Waals surface area contributed by atoms with Crippen molar-refractivity contribution in [3.05, 3.63) is 23.9 Å². The number of hydrogen-bond acceptors (Lipinski definition) is 4. The summed E-state index contributed by atoms with van der Waals surface area (Å²) in [6.07, 6.45) is 0.593. The van der Waals surface area contributed by atoms with Crippen molar-refractivity contribution in [1.29, 1.82) is 0 Å². The van der Waals surface area contributed by atoms with Crippen LogP contribution in [0.15, 0.2) is 18.2 Å². The largest absolute Gasteiger partial charge is 0.391 e. The van der Waals surface area contributed by atoms with E-state index in [1.54, 1.807) is 0 Å². The molecule has 2 atom stereocenters. The summed E-state index contributed by atoms with van der Waals surface area (Å²) in [5.74, 6) is 0.980. The van der Waals surface area contributed by atoms with Crippen LogP contribution in [0, 0.1) is 6.92 Å². The minimum atomic E-state index is -0.234. The Morgan fingerprint density at radius 3 is 2.88 bits per heavy atom. The van der Waals surface area contributed by atoms with Gasteiger partial charge in [-0.2, -0.15) is 0 Å². The molecule has 2 unspecified atom stereocenters. The maximum absolute atomic E-state index is 9.83. The standard InChI is InChI=1S/C13H21N3O/c1-10-5-4-6-13(14-10)16-9-12(17)7-11(16)8-15(2)3/h4-6,11-12,17H,7-9H2,1-3H3. The monoisotopic (exact) mass is 235 g/mol. The Balaban J connectivity index is 2.17. The molecule has 0 spiro atoms. The molecule has 4 nitrogen and oxygen atoms in total. The second kappa shape index (κ2) is 5.02. The minimum absolute atomic E-state index is 0.234. The number of nitrogens with zero attached hydrogens (tertiary/aromatic N) is 3. The summed E-state index contributed by atoms with van der Waals surface area (Å²) < 4.78 is 0. The van der Waals surface area contributed by atoms with Crippen molar-refractivity contribution < 1.29 is 5.11 Å². The van der Waals surface area contributed by atoms with E-state index < -0.39 is 0 Å². The van der Waals surface area contributed by atoms with Crippen molar-refractivity contribution in [2.75, 3.05) is 32.1 Å². The third-order valence-corrected chi connectivity index (χ3v) is 3.14. The molecule has 0 aromatic carbocycles. The van der Waals surface area contributed by atoms with E-state index in [2.05, 4.69) is 28.9 Å². The number of hydrogen-bond donors (Lipinski definition) is 1. The fraction of sp³-hybridized carbons (Fsp3) is 0.615. The number of aromatic nitrogens is 1. The van der Waals surface area contributed by atoms with Crippen molar-refractivity contribution in [1.82, 2.24) is 9.88 Å². The van der Waals surface area contributed by atoms with Gasteiger partial charge in [0.1, 0.15) is 5.82 Å². The van der Waals surface area contributed by atoms with E-state index in [0.717, 1.165) is 24.5 Å². The first-order chi connectivity index (χ1) is 8.06. The molecule has 0 bridgehead atoms. The number of aliphatic hydroxyl groups is 1. The van der Waals surface area contributed by atoms with Gasteiger partial charge in [-0.3, -0.25) is 0 Å². The number of aliphatic hydroxyl groups excluding tert-OH is 1. The van der Waals surface area contributed by atoms with Gasteiger partial charge >= 0.3 is 0 Å². The van der Waals surface area contributed by atoms with Crippen LogP contribution in [0.3, 0.4) is 0 Å². The summed E-state index contributed by atoms with van der Waals surface area (Å²) in [7, 11) is 4.12. The maximum Gasteiger partial charge on any atom is 0.129 e. The molecule has 94 valence electrons. The normalized spacial score (nSPS) is 24.6. The molecule has 2 rings (SSSR count). The molecule has 0 amide bonds. The molecule has 1 saturated heterocycles. The second-order valence-corrected chi connectivity index (χ2v) is 5.10. The fourth-order valence-electron chi connectivity index (χ4n) is 2.46. The smallest absolute Gasteiger partial charge is 0.129 e. The second-order valence-electron chi connectivity index (χ2n) is 5.10. The van der Waals surface area contributed by atoms with E-state index in [4.69, 9.17) is 0 Å². The van der Waals surface area contributed by atoms with Gasteiger partial charge in [0.25, 0.3) is 0 Å². The lowest BCUT2D eigenvalue weighted by atomic mass is 10.2. The van der Waals surface area contributed by atoms with E-state index in [1.165, 1.54) is 0 Å². The molecule has 0 saturated carbocycles. The summed E-state index contributed by atoms with van der Waals surface area (Å²) in [4.78, 5) is 8.92. The Kier molecular flexibility index (Phi) is 3.64. The Morgan fingerprint density at radius 1 is 1.47 bits per heavy atom. The van der Waals surface area contributed by atoms with E-state index >= 15 is 0 Å². The molecule has 1 N–H and O–H groups in total. The number of pyridine rings is 1. The van der Waals surface area contributed by atoms with Crippen molar-refractivity contribution in [2.45, 2.75) is 25.5 Å². The van der Waals surface area contributed by atoms with Crippen molar-refractivity contribution in [3.8, 4) is 0 Å². The highest BCUT2D eigenvalue weighted by Crippen LogP contribution is 2.24. The van der Waals surface area contributed by atoms with Crippen molar-refractivity contribution in [2.24, 2.45) is 0 Å². The average Bonchev–Trinajstić information content (AvgIpc) is 2.58. The van der Waals surface area contributed by atoms with Crippen LogP contribution >= 0.6 is 0 Å². The SMILES string of the molecule is Cc1cccc(N2CC(O)CC2CN(C)C)n1. The van der Waals surface area contributed by atoms with E-state index in [0.29, 0.717) is 12.6 Å². The minimum Gasteiger partial charge on any atom is -0.391 e. The lowest BCUT2D eigenvalue weighted by Gasteiger charge is -2.27. The highest BCUT2D eigenvalue weighted by Gasteiger charge is 2.31. The van der Waals surface area contributed by atoms with Crippen LogP contribution in [0.2, 0.25) is 0 Å². The summed E-state index contributed by atoms with van der Waals surface area (Å²) in [6.45, 7) is 3.64. The lowest BCUT2D eigenvalue weighted by Crippen LogP contribution is -2.38. The Morgan fingerprint density at radius 2 is 2.24 bits per heavy atom. The molecule has 1 fully saturated rings. The van der Waals surface area contributed by atoms with Crippen LogP contribution in [-0.2, 0) is 0 Å². The van der Waals surface area contributed by atoms with Crippen LogP contribution in [-0.4, -0.2) is 54.3 Å². The summed E-state index contributed by atoms with van der Waals surface area (Å²) >= 11 is 0. The highest BCUT2D eigenvalue weighted by atomic mass is 16.3. The zero-order valence-corrected chi connectivity index (χ0v) is 10.8. The summed E-state index contributed by atoms with van der Waals surface area (Å²) in [5, 5.41) is 9.83. The Labute approximate surface area is 103 Å². The van der Waals surface area contributed by atoms with Gasteiger partial charge < -0.3 is 14.9 Å². The molecular formula is C13H21N3O. The van der Waals surface area contributed by atoms with Crippen LogP contribution in [0.25, 0.3) is 0 Å². The highest BCUT2D eigenvalue weighted by molar-refractivity contribution is 5.42.